The number of carbonyl (C=O) groups excluding carboxylic acids is 3. The van der Waals surface area contributed by atoms with Crippen LogP contribution in [0, 0.1) is 20.2 Å². The molecular formula is C66H54BrCl2N4O12PS2. The maximum absolute atomic E-state index is 13.3. The van der Waals surface area contributed by atoms with Crippen molar-refractivity contribution in [3.05, 3.63) is 287 Å². The second-order valence-corrected chi connectivity index (χ2v) is 33.8. The molecule has 0 spiro atoms. The van der Waals surface area contributed by atoms with Crippen LogP contribution in [0.4, 0.5) is 22.7 Å². The number of hydrogen-bond donors (Lipinski definition) is 0. The van der Waals surface area contributed by atoms with Gasteiger partial charge < -0.3 is 0 Å². The molecule has 0 bridgehead atoms. The van der Waals surface area contributed by atoms with Gasteiger partial charge in [-0.3, -0.25) is 28.3 Å². The standard InChI is InChI=1S/C27H23BrNO4P.C24H19ClN2O5S.C15H12ClNO3S/c1-33-27(30)26-19-22(29(31)32)18-17-21(26)20-34(28,23-11-5-2-6-12-23,24-13-7-3-8-14-24)25-15-9-4-10-16-25;1-16(28)23-15-21(27(29)30)9-7-18(23)6-5-17-3-2-4-22(13-17)33(31,32)26-12-11-19-14-20(25)8-10-24(19)26;16-13-4-5-15-12(9-13)6-7-17(15)21(19,20)14-3-1-2-11(8-14)10-18/h2-19H,20H2,1H3;2-10,13-15H,11-12H2,1H3;1-5,8-10H,6-7H2. The molecule has 0 N–H and O–H groups in total. The summed E-state index contributed by atoms with van der Waals surface area (Å²) in [4.78, 5) is 57.2. The molecule has 2 heterocycles. The second kappa shape index (κ2) is 26.7. The van der Waals surface area contributed by atoms with E-state index >= 15 is 0 Å². The molecule has 2 aliphatic heterocycles. The van der Waals surface area contributed by atoms with Crippen LogP contribution in [0.25, 0.3) is 12.2 Å². The molecule has 0 aromatic heterocycles. The SMILES string of the molecule is CC(=O)c1cc([N+](=O)[O-])ccc1C=Cc1cccc(S(=O)(=O)N2CCc3cc(Cl)ccc32)c1.COC(=O)c1cc([N+](=O)[O-])ccc1CP(Br)(c1ccccc1)(c1ccccc1)c1ccccc1.O=Cc1cccc(S(=O)(=O)N2CCc3cc(Cl)ccc32)c1. The van der Waals surface area contributed by atoms with E-state index in [1.54, 1.807) is 84.9 Å². The molecule has 0 amide bonds. The first-order valence-corrected chi connectivity index (χ1v) is 35.2. The summed E-state index contributed by atoms with van der Waals surface area (Å²) in [6.07, 6.45) is 5.58. The van der Waals surface area contributed by atoms with E-state index < -0.39 is 41.2 Å². The van der Waals surface area contributed by atoms with Crippen molar-refractivity contribution in [3.63, 3.8) is 0 Å². The number of rotatable bonds is 16. The number of nitrogens with zero attached hydrogens (tertiary/aromatic N) is 4. The van der Waals surface area contributed by atoms with Crippen LogP contribution in [0.2, 0.25) is 10.0 Å². The van der Waals surface area contributed by atoms with Gasteiger partial charge in [0.2, 0.25) is 0 Å². The number of ketones is 1. The summed E-state index contributed by atoms with van der Waals surface area (Å²) in [7, 11) is -6.16. The maximum Gasteiger partial charge on any atom is 0.264 e. The number of anilines is 2. The topological polar surface area (TPSA) is 221 Å². The Balaban J connectivity index is 0.000000162. The number of carbonyl (C=O) groups is 3. The first kappa shape index (κ1) is 63.8. The Kier molecular flexibility index (Phi) is 19.4. The Morgan fingerprint density at radius 1 is 0.568 bits per heavy atom. The molecule has 0 radical (unpaired) electrons. The molecule has 9 aromatic carbocycles. The fraction of sp³-hybridized carbons (Fsp3) is 0.106. The molecule has 22 heteroatoms. The molecular weight excluding hydrogens is 1290 g/mol. The van der Waals surface area contributed by atoms with E-state index in [2.05, 4.69) is 51.9 Å². The Labute approximate surface area is 526 Å². The van der Waals surface area contributed by atoms with Crippen LogP contribution in [0.3, 0.4) is 0 Å². The van der Waals surface area contributed by atoms with Crippen molar-refractivity contribution in [1.82, 2.24) is 0 Å². The molecule has 0 aliphatic carbocycles. The average Bonchev–Trinajstić information content (AvgIpc) is 1.54. The number of Topliss-reactive ketones (excluding diaryl/α,β-unsaturated/α-hetero) is 1. The third-order valence-electron chi connectivity index (χ3n) is 15.0. The number of benzene rings is 9. The second-order valence-electron chi connectivity index (χ2n) is 20.3. The molecule has 0 saturated heterocycles. The van der Waals surface area contributed by atoms with Gasteiger partial charge in [-0.1, -0.05) is 59.6 Å². The van der Waals surface area contributed by atoms with Crippen LogP contribution in [0.1, 0.15) is 65.8 Å². The van der Waals surface area contributed by atoms with E-state index in [1.165, 1.54) is 71.2 Å². The maximum atomic E-state index is 13.3. The summed E-state index contributed by atoms with van der Waals surface area (Å²) in [6, 6.07) is 61.8. The molecule has 9 aromatic rings. The van der Waals surface area contributed by atoms with Gasteiger partial charge in [0.1, 0.15) is 6.29 Å². The largest absolute Gasteiger partial charge is 0.298 e. The quantitative estimate of drug-likeness (QED) is 0.0168. The van der Waals surface area contributed by atoms with Gasteiger partial charge in [-0.15, -0.1) is 0 Å². The number of nitro benzene ring substituents is 2. The molecule has 0 fully saturated rings. The zero-order chi connectivity index (χ0) is 63.0. The number of fused-ring (bicyclic) bond motifs is 2. The number of nitro groups is 2. The van der Waals surface area contributed by atoms with Gasteiger partial charge in [-0.05, 0) is 109 Å². The first-order chi connectivity index (χ1) is 42.1. The minimum Gasteiger partial charge on any atom is -0.298 e. The van der Waals surface area contributed by atoms with Crippen LogP contribution in [0.5, 0.6) is 0 Å². The molecule has 0 saturated carbocycles. The zero-order valence-corrected chi connectivity index (χ0v) is 52.7. The summed E-state index contributed by atoms with van der Waals surface area (Å²) < 4.78 is 59.8. The van der Waals surface area contributed by atoms with Gasteiger partial charge in [0.05, 0.1) is 26.1 Å². The van der Waals surface area contributed by atoms with Crippen molar-refractivity contribution in [3.8, 4) is 0 Å². The monoisotopic (exact) mass is 1340 g/mol. The Hall–Kier alpha value is -8.68. The minimum absolute atomic E-state index is 0.120. The summed E-state index contributed by atoms with van der Waals surface area (Å²) >= 11 is 16.3. The summed E-state index contributed by atoms with van der Waals surface area (Å²) in [5, 5.41) is 23.5. The smallest absolute Gasteiger partial charge is 0.264 e. The fourth-order valence-corrected chi connectivity index (χ4v) is 21.8. The van der Waals surface area contributed by atoms with Gasteiger partial charge in [0, 0.05) is 46.4 Å². The fourth-order valence-electron chi connectivity index (χ4n) is 10.6. The average molecular weight is 1340 g/mol. The number of methoxy groups -OCH3 is 1. The van der Waals surface area contributed by atoms with Gasteiger partial charge in [0.15, 0.2) is 5.78 Å². The van der Waals surface area contributed by atoms with Crippen LogP contribution >= 0.6 is 44.0 Å². The molecule has 0 unspecified atom stereocenters. The van der Waals surface area contributed by atoms with Gasteiger partial charge in [0.25, 0.3) is 25.7 Å². The first-order valence-electron chi connectivity index (χ1n) is 27.1. The number of ether oxygens (including phenoxy) is 1. The predicted octanol–water partition coefficient (Wildman–Crippen LogP) is 14.0. The van der Waals surface area contributed by atoms with Crippen LogP contribution in [-0.2, 0) is 43.8 Å². The van der Waals surface area contributed by atoms with E-state index in [0.717, 1.165) is 27.0 Å². The van der Waals surface area contributed by atoms with Crippen LogP contribution in [-0.4, -0.2) is 64.9 Å². The summed E-state index contributed by atoms with van der Waals surface area (Å²) in [5.41, 5.74) is 5.28. The molecule has 16 nitrogen and oxygen atoms in total. The van der Waals surface area contributed by atoms with E-state index in [1.807, 2.05) is 54.6 Å². The van der Waals surface area contributed by atoms with Gasteiger partial charge >= 0.3 is 207 Å². The van der Waals surface area contributed by atoms with Crippen molar-refractivity contribution < 1.29 is 45.8 Å². The van der Waals surface area contributed by atoms with Crippen molar-refractivity contribution in [2.24, 2.45) is 0 Å². The van der Waals surface area contributed by atoms with Crippen LogP contribution < -0.4 is 24.5 Å². The predicted molar refractivity (Wildman–Crippen MR) is 352 cm³/mol. The molecule has 88 heavy (non-hydrogen) atoms. The molecule has 2 aliphatic rings. The summed E-state index contributed by atoms with van der Waals surface area (Å²) in [6.45, 7) is 2.05. The van der Waals surface area contributed by atoms with E-state index in [0.29, 0.717) is 82.1 Å². The van der Waals surface area contributed by atoms with Crippen molar-refractivity contribution >= 4 is 133 Å². The number of non-ortho nitro benzene ring substituents is 2. The minimum atomic E-state index is -3.78. The zero-order valence-electron chi connectivity index (χ0n) is 47.1. The van der Waals surface area contributed by atoms with E-state index in [9.17, 15) is 51.4 Å². The third kappa shape index (κ3) is 13.3. The summed E-state index contributed by atoms with van der Waals surface area (Å²) in [5.74, 6) is -0.909. The van der Waals surface area contributed by atoms with E-state index in [-0.39, 0.29) is 38.1 Å². The molecule has 448 valence electrons. The normalized spacial score (nSPS) is 13.1. The Bertz CT molecular complexity index is 4350. The van der Waals surface area contributed by atoms with E-state index in [4.69, 9.17) is 27.9 Å². The number of halogens is 3. The molecule has 0 atom stereocenters. The van der Waals surface area contributed by atoms with Crippen molar-refractivity contribution in [1.29, 1.82) is 0 Å². The van der Waals surface area contributed by atoms with Crippen molar-refractivity contribution in [2.75, 3.05) is 28.8 Å². The third-order valence-corrected chi connectivity index (χ3v) is 28.5. The van der Waals surface area contributed by atoms with Crippen molar-refractivity contribution in [2.45, 2.75) is 35.7 Å². The number of esters is 1. The Morgan fingerprint density at radius 3 is 1.45 bits per heavy atom. The van der Waals surface area contributed by atoms with Crippen LogP contribution in [0.15, 0.2) is 222 Å². The Morgan fingerprint density at radius 2 is 1.01 bits per heavy atom. The van der Waals surface area contributed by atoms with Gasteiger partial charge in [-0.25, -0.2) is 16.8 Å². The number of aldehydes is 1. The number of hydrogen-bond acceptors (Lipinski definition) is 12. The molecule has 11 rings (SSSR count). The number of sulfonamides is 2. The van der Waals surface area contributed by atoms with Gasteiger partial charge in [-0.2, -0.15) is 0 Å².